The van der Waals surface area contributed by atoms with Crippen molar-refractivity contribution in [2.75, 3.05) is 10.5 Å². The number of hydrogen-bond acceptors (Lipinski definition) is 9. The lowest BCUT2D eigenvalue weighted by Gasteiger charge is -2.16. The average molecular weight is 521 g/mol. The summed E-state index contributed by atoms with van der Waals surface area (Å²) in [5.74, 6) is -0.0261. The van der Waals surface area contributed by atoms with E-state index >= 15 is 0 Å². The monoisotopic (exact) mass is 520 g/mol. The minimum absolute atomic E-state index is 0.0989. The highest BCUT2D eigenvalue weighted by atomic mass is 32.2. The first-order valence-electron chi connectivity index (χ1n) is 11.1. The van der Waals surface area contributed by atoms with E-state index in [1.165, 1.54) is 24.4 Å². The van der Waals surface area contributed by atoms with E-state index in [4.69, 9.17) is 15.0 Å². The number of nitrogen functional groups attached to an aromatic ring is 1. The highest BCUT2D eigenvalue weighted by Gasteiger charge is 2.21. The number of anilines is 2. The van der Waals surface area contributed by atoms with Crippen LogP contribution in [0.4, 0.5) is 16.0 Å². The molecular formula is C25H21FN6O4S. The second-order valence-corrected chi connectivity index (χ2v) is 10.00. The zero-order valence-corrected chi connectivity index (χ0v) is 20.6. The standard InChI is InChI=1S/C25H21FN6O4S/c1-14-5-6-17-18(7-8-20(26)22(17)32-37(33,34)13-16-12-15(2)36-31-16)23(14)35-24-19(4-3-10-28-24)21-9-11-29-25(27)30-21/h3-12,32H,13H2,1-2H3,(H2,27,29,30). The Labute approximate surface area is 211 Å². The lowest BCUT2D eigenvalue weighted by Crippen LogP contribution is -2.16. The Morgan fingerprint density at radius 2 is 1.86 bits per heavy atom. The maximum Gasteiger partial charge on any atom is 0.238 e. The number of sulfonamides is 1. The topological polar surface area (TPSA) is 146 Å². The van der Waals surface area contributed by atoms with Crippen LogP contribution < -0.4 is 15.2 Å². The number of nitrogens with two attached hydrogens (primary N) is 1. The number of fused-ring (bicyclic) bond motifs is 1. The third-order valence-electron chi connectivity index (χ3n) is 5.49. The number of rotatable bonds is 7. The molecule has 37 heavy (non-hydrogen) atoms. The quantitative estimate of drug-likeness (QED) is 0.310. The van der Waals surface area contributed by atoms with E-state index in [1.54, 1.807) is 43.5 Å². The van der Waals surface area contributed by atoms with Gasteiger partial charge in [-0.3, -0.25) is 4.72 Å². The van der Waals surface area contributed by atoms with Crippen molar-refractivity contribution < 1.29 is 22.1 Å². The van der Waals surface area contributed by atoms with Gasteiger partial charge < -0.3 is 15.0 Å². The van der Waals surface area contributed by atoms with Crippen molar-refractivity contribution in [3.8, 4) is 22.9 Å². The van der Waals surface area contributed by atoms with Crippen LogP contribution in [-0.4, -0.2) is 28.5 Å². The first kappa shape index (κ1) is 24.1. The molecule has 0 radical (unpaired) electrons. The summed E-state index contributed by atoms with van der Waals surface area (Å²) in [5, 5.41) is 4.50. The van der Waals surface area contributed by atoms with Crippen LogP contribution >= 0.6 is 0 Å². The summed E-state index contributed by atoms with van der Waals surface area (Å²) in [6.45, 7) is 3.47. The number of ether oxygens (including phenoxy) is 1. The van der Waals surface area contributed by atoms with E-state index in [-0.39, 0.29) is 23.2 Å². The van der Waals surface area contributed by atoms with E-state index in [9.17, 15) is 12.8 Å². The molecule has 0 aliphatic carbocycles. The number of halogens is 1. The minimum atomic E-state index is -4.01. The van der Waals surface area contributed by atoms with Crippen molar-refractivity contribution >= 4 is 32.4 Å². The summed E-state index contributed by atoms with van der Waals surface area (Å²) in [7, 11) is -4.01. The minimum Gasteiger partial charge on any atom is -0.437 e. The molecule has 0 aliphatic rings. The van der Waals surface area contributed by atoms with Crippen LogP contribution in [0.15, 0.2) is 65.4 Å². The molecular weight excluding hydrogens is 499 g/mol. The molecule has 5 rings (SSSR count). The van der Waals surface area contributed by atoms with Crippen LogP contribution in [0.2, 0.25) is 0 Å². The first-order chi connectivity index (χ1) is 17.7. The average Bonchev–Trinajstić information content (AvgIpc) is 3.26. The van der Waals surface area contributed by atoms with Crippen molar-refractivity contribution in [2.24, 2.45) is 0 Å². The molecule has 0 atom stereocenters. The number of benzene rings is 2. The molecule has 3 heterocycles. The number of hydrogen-bond donors (Lipinski definition) is 2. The Morgan fingerprint density at radius 1 is 1.05 bits per heavy atom. The molecule has 0 unspecified atom stereocenters. The first-order valence-corrected chi connectivity index (χ1v) is 12.7. The predicted molar refractivity (Wildman–Crippen MR) is 136 cm³/mol. The summed E-state index contributed by atoms with van der Waals surface area (Å²) in [6.07, 6.45) is 3.09. The molecule has 0 aliphatic heterocycles. The van der Waals surface area contributed by atoms with Gasteiger partial charge in [-0.2, -0.15) is 0 Å². The second kappa shape index (κ2) is 9.47. The van der Waals surface area contributed by atoms with Gasteiger partial charge in [0.25, 0.3) is 0 Å². The lowest BCUT2D eigenvalue weighted by molar-refractivity contribution is 0.392. The molecule has 0 saturated carbocycles. The molecule has 0 spiro atoms. The molecule has 0 fully saturated rings. The predicted octanol–water partition coefficient (Wildman–Crippen LogP) is 4.75. The van der Waals surface area contributed by atoms with E-state index in [2.05, 4.69) is 24.8 Å². The molecule has 3 aromatic heterocycles. The van der Waals surface area contributed by atoms with E-state index in [0.717, 1.165) is 5.56 Å². The summed E-state index contributed by atoms with van der Waals surface area (Å²) >= 11 is 0. The van der Waals surface area contributed by atoms with Crippen LogP contribution in [0.25, 0.3) is 22.0 Å². The Morgan fingerprint density at radius 3 is 2.62 bits per heavy atom. The van der Waals surface area contributed by atoms with Crippen LogP contribution in [-0.2, 0) is 15.8 Å². The van der Waals surface area contributed by atoms with Crippen molar-refractivity contribution in [3.05, 3.63) is 83.8 Å². The zero-order valence-electron chi connectivity index (χ0n) is 19.8. The fourth-order valence-electron chi connectivity index (χ4n) is 3.86. The number of nitrogens with one attached hydrogen (secondary N) is 1. The van der Waals surface area contributed by atoms with Crippen molar-refractivity contribution in [1.29, 1.82) is 0 Å². The molecule has 5 aromatic rings. The largest absolute Gasteiger partial charge is 0.437 e. The highest BCUT2D eigenvalue weighted by Crippen LogP contribution is 2.39. The van der Waals surface area contributed by atoms with Crippen molar-refractivity contribution in [1.82, 2.24) is 20.1 Å². The highest BCUT2D eigenvalue weighted by molar-refractivity contribution is 7.91. The van der Waals surface area contributed by atoms with Gasteiger partial charge in [-0.25, -0.2) is 27.8 Å². The molecule has 3 N–H and O–H groups in total. The molecule has 0 saturated heterocycles. The third-order valence-corrected chi connectivity index (χ3v) is 6.68. The maximum absolute atomic E-state index is 14.9. The molecule has 2 aromatic carbocycles. The summed E-state index contributed by atoms with van der Waals surface area (Å²) in [4.78, 5) is 12.5. The Hall–Kier alpha value is -4.58. The summed E-state index contributed by atoms with van der Waals surface area (Å²) in [6, 6.07) is 12.7. The van der Waals surface area contributed by atoms with Gasteiger partial charge in [-0.1, -0.05) is 17.3 Å². The van der Waals surface area contributed by atoms with E-state index in [1.807, 2.05) is 6.92 Å². The smallest absolute Gasteiger partial charge is 0.238 e. The third kappa shape index (κ3) is 5.05. The van der Waals surface area contributed by atoms with E-state index < -0.39 is 21.6 Å². The van der Waals surface area contributed by atoms with Gasteiger partial charge in [-0.15, -0.1) is 0 Å². The van der Waals surface area contributed by atoms with Gasteiger partial charge in [0, 0.05) is 29.2 Å². The van der Waals surface area contributed by atoms with Crippen molar-refractivity contribution in [2.45, 2.75) is 19.6 Å². The molecule has 10 nitrogen and oxygen atoms in total. The van der Waals surface area contributed by atoms with Gasteiger partial charge in [0.1, 0.15) is 28.8 Å². The van der Waals surface area contributed by atoms with Crippen LogP contribution in [0.3, 0.4) is 0 Å². The van der Waals surface area contributed by atoms with Crippen LogP contribution in [0.5, 0.6) is 11.6 Å². The number of aromatic nitrogens is 4. The fourth-order valence-corrected chi connectivity index (χ4v) is 4.98. The zero-order chi connectivity index (χ0) is 26.2. The van der Waals surface area contributed by atoms with Crippen molar-refractivity contribution in [3.63, 3.8) is 0 Å². The summed E-state index contributed by atoms with van der Waals surface area (Å²) in [5.41, 5.74) is 7.55. The molecule has 12 heteroatoms. The molecule has 0 bridgehead atoms. The summed E-state index contributed by atoms with van der Waals surface area (Å²) < 4.78 is 54.1. The van der Waals surface area contributed by atoms with Gasteiger partial charge in [0.05, 0.1) is 16.9 Å². The Bertz CT molecular complexity index is 1740. The normalized spacial score (nSPS) is 11.5. The Kier molecular flexibility index (Phi) is 6.17. The van der Waals surface area contributed by atoms with Gasteiger partial charge in [-0.05, 0) is 49.7 Å². The van der Waals surface area contributed by atoms with Gasteiger partial charge in [0.15, 0.2) is 0 Å². The molecule has 0 amide bonds. The number of pyridine rings is 1. The lowest BCUT2D eigenvalue weighted by atomic mass is 10.0. The van der Waals surface area contributed by atoms with Crippen LogP contribution in [0.1, 0.15) is 17.0 Å². The fraction of sp³-hybridized carbons (Fsp3) is 0.120. The van der Waals surface area contributed by atoms with Gasteiger partial charge >= 0.3 is 0 Å². The van der Waals surface area contributed by atoms with Crippen LogP contribution in [0, 0.1) is 19.7 Å². The Balaban J connectivity index is 1.56. The number of aryl methyl sites for hydroxylation is 2. The SMILES string of the molecule is Cc1cc(CS(=O)(=O)Nc2c(F)ccc3c(Oc4ncccc4-c4ccnc(N)n4)c(C)ccc23)no1. The maximum atomic E-state index is 14.9. The second-order valence-electron chi connectivity index (χ2n) is 8.28. The number of nitrogens with zero attached hydrogens (tertiary/aromatic N) is 4. The molecule has 188 valence electrons. The van der Waals surface area contributed by atoms with E-state index in [0.29, 0.717) is 33.5 Å². The van der Waals surface area contributed by atoms with Gasteiger partial charge in [0.2, 0.25) is 21.9 Å².